The van der Waals surface area contributed by atoms with Crippen molar-refractivity contribution in [1.82, 2.24) is 46.2 Å². The van der Waals surface area contributed by atoms with Crippen molar-refractivity contribution in [3.63, 3.8) is 0 Å². The maximum atomic E-state index is 13.0. The lowest BCUT2D eigenvalue weighted by Crippen LogP contribution is -2.46. The first-order chi connectivity index (χ1) is 16.0. The number of H-pyrrole nitrogens is 1. The lowest BCUT2D eigenvalue weighted by molar-refractivity contribution is 0.0929. The summed E-state index contributed by atoms with van der Waals surface area (Å²) in [6.07, 6.45) is 4.62. The molecule has 1 fully saturated rings. The second kappa shape index (κ2) is 10.5. The molecule has 1 saturated heterocycles. The van der Waals surface area contributed by atoms with E-state index in [-0.39, 0.29) is 0 Å². The van der Waals surface area contributed by atoms with Crippen LogP contribution in [0.15, 0.2) is 18.7 Å². The number of aromatic nitrogens is 5. The minimum absolute atomic E-state index is 0.312. The number of urea groups is 1. The standard InChI is InChI=1S/C20H28N10O2S/c1-12(2)3-4-23-20(32)29-17(16-26-13-9-22-11-25-15(13)27-16)28-18(31)19-24-10-14(33-19)30-7-5-21-6-8-30/h9-12,17,21H,3-8H2,1-2H3,(H,28,31)(H2,23,29,32)(H,22,25,26,27). The van der Waals surface area contributed by atoms with E-state index in [4.69, 9.17) is 0 Å². The van der Waals surface area contributed by atoms with Crippen molar-refractivity contribution >= 4 is 39.4 Å². The highest BCUT2D eigenvalue weighted by Gasteiger charge is 2.24. The summed E-state index contributed by atoms with van der Waals surface area (Å²) in [6.45, 7) is 8.21. The molecule has 4 heterocycles. The Kier molecular flexibility index (Phi) is 7.29. The fourth-order valence-corrected chi connectivity index (χ4v) is 4.21. The fourth-order valence-electron chi connectivity index (χ4n) is 3.34. The monoisotopic (exact) mass is 472 g/mol. The van der Waals surface area contributed by atoms with Gasteiger partial charge in [-0.3, -0.25) is 4.79 Å². The molecule has 5 N–H and O–H groups in total. The normalized spacial score (nSPS) is 14.9. The minimum Gasteiger partial charge on any atom is -0.360 e. The minimum atomic E-state index is -0.905. The van der Waals surface area contributed by atoms with Gasteiger partial charge in [-0.1, -0.05) is 25.2 Å². The van der Waals surface area contributed by atoms with Gasteiger partial charge in [0.1, 0.15) is 16.8 Å². The van der Waals surface area contributed by atoms with Crippen LogP contribution in [0.25, 0.3) is 11.2 Å². The molecule has 1 atom stereocenters. The molecule has 33 heavy (non-hydrogen) atoms. The van der Waals surface area contributed by atoms with Crippen molar-refractivity contribution in [1.29, 1.82) is 0 Å². The first kappa shape index (κ1) is 22.9. The zero-order chi connectivity index (χ0) is 23.2. The molecule has 3 aromatic rings. The van der Waals surface area contributed by atoms with E-state index in [1.807, 2.05) is 0 Å². The molecule has 0 radical (unpaired) electrons. The number of hydrogen-bond donors (Lipinski definition) is 5. The van der Waals surface area contributed by atoms with E-state index in [1.54, 1.807) is 12.4 Å². The van der Waals surface area contributed by atoms with Gasteiger partial charge in [-0.05, 0) is 12.3 Å². The van der Waals surface area contributed by atoms with Crippen LogP contribution in [-0.4, -0.2) is 69.6 Å². The summed E-state index contributed by atoms with van der Waals surface area (Å²) in [6, 6.07) is -0.409. The van der Waals surface area contributed by atoms with Gasteiger partial charge in [0.2, 0.25) is 0 Å². The van der Waals surface area contributed by atoms with Crippen LogP contribution in [0, 0.1) is 5.92 Å². The van der Waals surface area contributed by atoms with Gasteiger partial charge >= 0.3 is 6.03 Å². The maximum absolute atomic E-state index is 13.0. The number of anilines is 1. The number of amides is 3. The van der Waals surface area contributed by atoms with Gasteiger partial charge in [0.15, 0.2) is 22.6 Å². The number of imidazole rings is 1. The maximum Gasteiger partial charge on any atom is 0.316 e. The summed E-state index contributed by atoms with van der Waals surface area (Å²) < 4.78 is 0. The number of fused-ring (bicyclic) bond motifs is 1. The van der Waals surface area contributed by atoms with Crippen LogP contribution in [0.1, 0.15) is 42.1 Å². The summed E-state index contributed by atoms with van der Waals surface area (Å²) in [7, 11) is 0. The molecule has 3 aromatic heterocycles. The molecule has 1 aliphatic rings. The number of thiazole rings is 1. The Labute approximate surface area is 195 Å². The van der Waals surface area contributed by atoms with Crippen LogP contribution < -0.4 is 26.2 Å². The van der Waals surface area contributed by atoms with Gasteiger partial charge in [0, 0.05) is 32.7 Å². The summed E-state index contributed by atoms with van der Waals surface area (Å²) in [4.78, 5) is 47.5. The quantitative estimate of drug-likeness (QED) is 0.304. The second-order valence-electron chi connectivity index (χ2n) is 8.11. The molecule has 0 saturated carbocycles. The van der Waals surface area contributed by atoms with Crippen molar-refractivity contribution in [3.8, 4) is 0 Å². The van der Waals surface area contributed by atoms with Crippen LogP contribution in [0.5, 0.6) is 0 Å². The van der Waals surface area contributed by atoms with Crippen molar-refractivity contribution in [2.24, 2.45) is 5.92 Å². The van der Waals surface area contributed by atoms with Gasteiger partial charge < -0.3 is 31.2 Å². The Bertz CT molecular complexity index is 1060. The van der Waals surface area contributed by atoms with Crippen LogP contribution >= 0.6 is 11.3 Å². The van der Waals surface area contributed by atoms with E-state index < -0.39 is 18.1 Å². The van der Waals surface area contributed by atoms with Crippen molar-refractivity contribution in [2.75, 3.05) is 37.6 Å². The number of carbonyl (C=O) groups excluding carboxylic acids is 2. The molecule has 0 spiro atoms. The third-order valence-electron chi connectivity index (χ3n) is 5.13. The number of piperazine rings is 1. The topological polar surface area (TPSA) is 153 Å². The third-order valence-corrected chi connectivity index (χ3v) is 6.19. The molecule has 0 aromatic carbocycles. The van der Waals surface area contributed by atoms with E-state index >= 15 is 0 Å². The predicted octanol–water partition coefficient (Wildman–Crippen LogP) is 0.993. The van der Waals surface area contributed by atoms with E-state index in [0.717, 1.165) is 37.6 Å². The van der Waals surface area contributed by atoms with Crippen LogP contribution in [-0.2, 0) is 0 Å². The first-order valence-corrected chi connectivity index (χ1v) is 11.7. The van der Waals surface area contributed by atoms with Gasteiger partial charge in [0.25, 0.3) is 5.91 Å². The molecule has 0 bridgehead atoms. The summed E-state index contributed by atoms with van der Waals surface area (Å²) in [5.41, 5.74) is 1.04. The zero-order valence-corrected chi connectivity index (χ0v) is 19.4. The molecule has 1 aliphatic heterocycles. The molecule has 176 valence electrons. The van der Waals surface area contributed by atoms with Crippen molar-refractivity contribution in [3.05, 3.63) is 29.6 Å². The van der Waals surface area contributed by atoms with Crippen molar-refractivity contribution in [2.45, 2.75) is 26.4 Å². The van der Waals surface area contributed by atoms with Gasteiger partial charge in [-0.25, -0.2) is 24.7 Å². The summed E-state index contributed by atoms with van der Waals surface area (Å²) in [5.74, 6) is 0.404. The predicted molar refractivity (Wildman–Crippen MR) is 125 cm³/mol. The van der Waals surface area contributed by atoms with Crippen molar-refractivity contribution < 1.29 is 9.59 Å². The third kappa shape index (κ3) is 5.93. The molecule has 12 nitrogen and oxygen atoms in total. The Morgan fingerprint density at radius 1 is 1.18 bits per heavy atom. The molecule has 3 amide bonds. The van der Waals surface area contributed by atoms with Crippen LogP contribution in [0.2, 0.25) is 0 Å². The summed E-state index contributed by atoms with van der Waals surface area (Å²) >= 11 is 1.32. The van der Waals surface area contributed by atoms with Gasteiger partial charge in [-0.15, -0.1) is 0 Å². The Morgan fingerprint density at radius 3 is 2.76 bits per heavy atom. The smallest absolute Gasteiger partial charge is 0.316 e. The molecular weight excluding hydrogens is 444 g/mol. The number of hydrogen-bond acceptors (Lipinski definition) is 9. The van der Waals surface area contributed by atoms with E-state index in [2.05, 4.69) is 64.9 Å². The molecule has 1 unspecified atom stereocenters. The largest absolute Gasteiger partial charge is 0.360 e. The second-order valence-corrected chi connectivity index (χ2v) is 9.12. The summed E-state index contributed by atoms with van der Waals surface area (Å²) in [5, 5.41) is 13.0. The average molecular weight is 473 g/mol. The molecule has 4 rings (SSSR count). The number of nitrogens with one attached hydrogen (secondary N) is 5. The highest BCUT2D eigenvalue weighted by molar-refractivity contribution is 7.17. The number of nitrogens with zero attached hydrogens (tertiary/aromatic N) is 5. The van der Waals surface area contributed by atoms with Crippen LogP contribution in [0.3, 0.4) is 0 Å². The Hall–Kier alpha value is -3.32. The SMILES string of the molecule is CC(C)CCNC(=O)NC(NC(=O)c1ncc(N2CCNCC2)s1)c1nc2ncncc2[nH]1. The van der Waals surface area contributed by atoms with Gasteiger partial charge in [-0.2, -0.15) is 0 Å². The average Bonchev–Trinajstić information content (AvgIpc) is 3.46. The van der Waals surface area contributed by atoms with E-state index in [0.29, 0.717) is 34.5 Å². The zero-order valence-electron chi connectivity index (χ0n) is 18.6. The number of carbonyl (C=O) groups is 2. The fraction of sp³-hybridized carbons (Fsp3) is 0.500. The van der Waals surface area contributed by atoms with E-state index in [9.17, 15) is 9.59 Å². The molecule has 0 aliphatic carbocycles. The molecule has 13 heteroatoms. The Morgan fingerprint density at radius 2 is 2.00 bits per heavy atom. The number of rotatable bonds is 8. The molecular formula is C20H28N10O2S. The Balaban J connectivity index is 1.48. The first-order valence-electron chi connectivity index (χ1n) is 10.9. The lowest BCUT2D eigenvalue weighted by Gasteiger charge is -2.27. The van der Waals surface area contributed by atoms with Crippen LogP contribution in [0.4, 0.5) is 9.80 Å². The van der Waals surface area contributed by atoms with E-state index in [1.165, 1.54) is 17.7 Å². The highest BCUT2D eigenvalue weighted by Crippen LogP contribution is 2.24. The lowest BCUT2D eigenvalue weighted by atomic mass is 10.1. The van der Waals surface area contributed by atoms with Gasteiger partial charge in [0.05, 0.1) is 12.4 Å². The highest BCUT2D eigenvalue weighted by atomic mass is 32.1. The number of aromatic amines is 1.